The first-order valence-electron chi connectivity index (χ1n) is 5.26. The number of rotatable bonds is 4. The number of hydrogen-bond donors (Lipinski definition) is 0. The fourth-order valence-corrected chi connectivity index (χ4v) is 1.83. The van der Waals surface area contributed by atoms with Crippen LogP contribution in [0.4, 0.5) is 10.1 Å². The first kappa shape index (κ1) is 14.5. The predicted molar refractivity (Wildman–Crippen MR) is 68.7 cm³/mol. The number of likely N-dealkylation sites (N-methyl/N-ethyl adjacent to an activating group) is 1. The highest BCUT2D eigenvalue weighted by Gasteiger charge is 2.16. The van der Waals surface area contributed by atoms with Gasteiger partial charge in [0.2, 0.25) is 0 Å². The van der Waals surface area contributed by atoms with Crippen LogP contribution in [0.5, 0.6) is 0 Å². The standard InChI is InChI=1S/C12H12BrFN2O2/c1-3-18-10(17)7-16(2)9-5-4-8(6-15)11(13)12(9)14/h4-5H,3,7H2,1-2H3. The van der Waals surface area contributed by atoms with Crippen LogP contribution in [-0.2, 0) is 9.53 Å². The number of benzene rings is 1. The van der Waals surface area contributed by atoms with Crippen molar-refractivity contribution in [2.75, 3.05) is 25.1 Å². The van der Waals surface area contributed by atoms with Crippen molar-refractivity contribution in [2.45, 2.75) is 6.92 Å². The van der Waals surface area contributed by atoms with Crippen LogP contribution in [0.3, 0.4) is 0 Å². The summed E-state index contributed by atoms with van der Waals surface area (Å²) in [6.07, 6.45) is 0. The Labute approximate surface area is 113 Å². The summed E-state index contributed by atoms with van der Waals surface area (Å²) >= 11 is 3.02. The molecule has 0 aliphatic carbocycles. The van der Waals surface area contributed by atoms with Gasteiger partial charge in [0.25, 0.3) is 0 Å². The maximum atomic E-state index is 13.9. The van der Waals surface area contributed by atoms with E-state index < -0.39 is 11.8 Å². The molecule has 0 aromatic heterocycles. The average Bonchev–Trinajstić information content (AvgIpc) is 2.32. The summed E-state index contributed by atoms with van der Waals surface area (Å²) in [6, 6.07) is 4.81. The van der Waals surface area contributed by atoms with Gasteiger partial charge in [0.1, 0.15) is 12.6 Å². The molecule has 0 aliphatic rings. The summed E-state index contributed by atoms with van der Waals surface area (Å²) < 4.78 is 18.8. The van der Waals surface area contributed by atoms with E-state index in [0.717, 1.165) is 0 Å². The summed E-state index contributed by atoms with van der Waals surface area (Å²) in [6.45, 7) is 1.94. The summed E-state index contributed by atoms with van der Waals surface area (Å²) in [4.78, 5) is 12.7. The van der Waals surface area contributed by atoms with Crippen molar-refractivity contribution in [2.24, 2.45) is 0 Å². The highest BCUT2D eigenvalue weighted by molar-refractivity contribution is 9.10. The maximum absolute atomic E-state index is 13.9. The third kappa shape index (κ3) is 3.20. The molecular weight excluding hydrogens is 303 g/mol. The Balaban J connectivity index is 2.94. The first-order valence-corrected chi connectivity index (χ1v) is 6.05. The van der Waals surface area contributed by atoms with Crippen LogP contribution >= 0.6 is 15.9 Å². The van der Waals surface area contributed by atoms with E-state index >= 15 is 0 Å². The highest BCUT2D eigenvalue weighted by atomic mass is 79.9. The number of anilines is 1. The van der Waals surface area contributed by atoms with E-state index in [2.05, 4.69) is 15.9 Å². The number of esters is 1. The Bertz CT molecular complexity index is 500. The minimum Gasteiger partial charge on any atom is -0.465 e. The smallest absolute Gasteiger partial charge is 0.325 e. The molecule has 6 heteroatoms. The molecule has 0 radical (unpaired) electrons. The molecule has 18 heavy (non-hydrogen) atoms. The molecule has 0 N–H and O–H groups in total. The van der Waals surface area contributed by atoms with Gasteiger partial charge in [0, 0.05) is 7.05 Å². The van der Waals surface area contributed by atoms with E-state index in [1.165, 1.54) is 17.0 Å². The molecule has 0 fully saturated rings. The van der Waals surface area contributed by atoms with E-state index in [4.69, 9.17) is 10.00 Å². The van der Waals surface area contributed by atoms with Gasteiger partial charge in [-0.25, -0.2) is 4.39 Å². The van der Waals surface area contributed by atoms with Crippen LogP contribution in [-0.4, -0.2) is 26.2 Å². The van der Waals surface area contributed by atoms with Gasteiger partial charge in [-0.15, -0.1) is 0 Å². The Morgan fingerprint density at radius 1 is 1.61 bits per heavy atom. The Morgan fingerprint density at radius 3 is 2.83 bits per heavy atom. The van der Waals surface area contributed by atoms with Crippen LogP contribution in [0, 0.1) is 17.1 Å². The monoisotopic (exact) mass is 314 g/mol. The molecule has 1 rings (SSSR count). The van der Waals surface area contributed by atoms with Crippen LogP contribution in [0.1, 0.15) is 12.5 Å². The fourth-order valence-electron chi connectivity index (χ4n) is 1.41. The molecule has 1 aromatic carbocycles. The zero-order valence-corrected chi connectivity index (χ0v) is 11.6. The minimum absolute atomic E-state index is 0.0525. The Hall–Kier alpha value is -1.61. The van der Waals surface area contributed by atoms with Crippen molar-refractivity contribution in [3.05, 3.63) is 28.0 Å². The number of ether oxygens (including phenoxy) is 1. The average molecular weight is 315 g/mol. The van der Waals surface area contributed by atoms with Gasteiger partial charge >= 0.3 is 5.97 Å². The summed E-state index contributed by atoms with van der Waals surface area (Å²) in [5.74, 6) is -0.999. The number of carbonyl (C=O) groups is 1. The lowest BCUT2D eigenvalue weighted by Crippen LogP contribution is -2.27. The first-order chi connectivity index (χ1) is 8.51. The van der Waals surface area contributed by atoms with Crippen molar-refractivity contribution in [1.29, 1.82) is 5.26 Å². The molecule has 0 saturated heterocycles. The summed E-state index contributed by atoms with van der Waals surface area (Å²) in [7, 11) is 1.58. The van der Waals surface area contributed by atoms with Crippen molar-refractivity contribution in [3.8, 4) is 6.07 Å². The normalized spacial score (nSPS) is 9.72. The number of nitrogens with zero attached hydrogens (tertiary/aromatic N) is 2. The maximum Gasteiger partial charge on any atom is 0.325 e. The lowest BCUT2D eigenvalue weighted by atomic mass is 10.2. The van der Waals surface area contributed by atoms with Gasteiger partial charge in [0.05, 0.1) is 22.3 Å². The predicted octanol–water partition coefficient (Wildman–Crippen LogP) is 2.46. The van der Waals surface area contributed by atoms with E-state index in [0.29, 0.717) is 0 Å². The third-order valence-corrected chi connectivity index (χ3v) is 3.04. The number of halogens is 2. The fraction of sp³-hybridized carbons (Fsp3) is 0.333. The second-order valence-electron chi connectivity index (χ2n) is 3.53. The number of nitriles is 1. The lowest BCUT2D eigenvalue weighted by molar-refractivity contribution is -0.141. The molecule has 0 aliphatic heterocycles. The highest BCUT2D eigenvalue weighted by Crippen LogP contribution is 2.28. The topological polar surface area (TPSA) is 53.3 Å². The molecule has 1 aromatic rings. The molecule has 0 atom stereocenters. The third-order valence-electron chi connectivity index (χ3n) is 2.27. The Morgan fingerprint density at radius 2 is 2.28 bits per heavy atom. The molecule has 4 nitrogen and oxygen atoms in total. The minimum atomic E-state index is -0.569. The molecule has 0 heterocycles. The second kappa shape index (κ2) is 6.36. The molecule has 0 saturated carbocycles. The van der Waals surface area contributed by atoms with Crippen molar-refractivity contribution < 1.29 is 13.9 Å². The summed E-state index contributed by atoms with van der Waals surface area (Å²) in [5, 5.41) is 8.75. The zero-order valence-electron chi connectivity index (χ0n) is 10.0. The van der Waals surface area contributed by atoms with Gasteiger partial charge in [0.15, 0.2) is 5.82 Å². The van der Waals surface area contributed by atoms with E-state index in [1.54, 1.807) is 14.0 Å². The largest absolute Gasteiger partial charge is 0.465 e. The Kier molecular flexibility index (Phi) is 5.10. The molecule has 0 unspecified atom stereocenters. The molecule has 0 amide bonds. The zero-order chi connectivity index (χ0) is 13.7. The van der Waals surface area contributed by atoms with Crippen molar-refractivity contribution in [3.63, 3.8) is 0 Å². The van der Waals surface area contributed by atoms with Crippen LogP contribution in [0.15, 0.2) is 16.6 Å². The van der Waals surface area contributed by atoms with Crippen molar-refractivity contribution >= 4 is 27.6 Å². The van der Waals surface area contributed by atoms with Gasteiger partial charge in [-0.2, -0.15) is 5.26 Å². The SMILES string of the molecule is CCOC(=O)CN(C)c1ccc(C#N)c(Br)c1F. The molecule has 0 spiro atoms. The van der Waals surface area contributed by atoms with Crippen LogP contribution < -0.4 is 4.90 Å². The van der Waals surface area contributed by atoms with Gasteiger partial charge in [-0.3, -0.25) is 4.79 Å². The molecule has 0 bridgehead atoms. The molecule has 96 valence electrons. The summed E-state index contributed by atoms with van der Waals surface area (Å²) in [5.41, 5.74) is 0.440. The second-order valence-corrected chi connectivity index (χ2v) is 4.33. The number of hydrogen-bond acceptors (Lipinski definition) is 4. The molecular formula is C12H12BrFN2O2. The van der Waals surface area contributed by atoms with Crippen LogP contribution in [0.2, 0.25) is 0 Å². The van der Waals surface area contributed by atoms with E-state index in [-0.39, 0.29) is 28.9 Å². The van der Waals surface area contributed by atoms with Crippen LogP contribution in [0.25, 0.3) is 0 Å². The van der Waals surface area contributed by atoms with E-state index in [1.807, 2.05) is 6.07 Å². The van der Waals surface area contributed by atoms with E-state index in [9.17, 15) is 9.18 Å². The van der Waals surface area contributed by atoms with Gasteiger partial charge in [-0.1, -0.05) is 0 Å². The van der Waals surface area contributed by atoms with Crippen molar-refractivity contribution in [1.82, 2.24) is 0 Å². The lowest BCUT2D eigenvalue weighted by Gasteiger charge is -2.19. The quantitative estimate of drug-likeness (QED) is 0.801. The van der Waals surface area contributed by atoms with Gasteiger partial charge in [-0.05, 0) is 35.0 Å². The number of carbonyl (C=O) groups excluding carboxylic acids is 1. The van der Waals surface area contributed by atoms with Gasteiger partial charge < -0.3 is 9.64 Å².